The van der Waals surface area contributed by atoms with Crippen LogP contribution in [-0.4, -0.2) is 109 Å². The summed E-state index contributed by atoms with van der Waals surface area (Å²) in [6.45, 7) is 5.22. The molecule has 3 fully saturated rings. The lowest BCUT2D eigenvalue weighted by Gasteiger charge is -2.55. The van der Waals surface area contributed by atoms with Crippen LogP contribution in [0.4, 0.5) is 15.3 Å². The fourth-order valence-corrected chi connectivity index (χ4v) is 5.85. The molecule has 1 N–H and O–H groups in total. The van der Waals surface area contributed by atoms with Gasteiger partial charge in [0.1, 0.15) is 5.57 Å². The highest BCUT2D eigenvalue weighted by Crippen LogP contribution is 2.47. The van der Waals surface area contributed by atoms with E-state index < -0.39 is 47.1 Å². The molecule has 0 aromatic heterocycles. The number of nitrogens with one attached hydrogen (secondary N) is 1. The molecule has 12 nitrogen and oxygen atoms in total. The predicted molar refractivity (Wildman–Crippen MR) is 136 cm³/mol. The van der Waals surface area contributed by atoms with E-state index in [1.807, 2.05) is 18.0 Å². The minimum atomic E-state index is -1.52. The van der Waals surface area contributed by atoms with Gasteiger partial charge in [0.15, 0.2) is 5.41 Å². The van der Waals surface area contributed by atoms with Crippen LogP contribution in [0.1, 0.15) is 11.1 Å². The molecule has 1 aromatic rings. The van der Waals surface area contributed by atoms with Crippen LogP contribution in [0.2, 0.25) is 0 Å². The Morgan fingerprint density at radius 3 is 2.37 bits per heavy atom. The monoisotopic (exact) mass is 520 g/mol. The molecule has 0 saturated carbocycles. The lowest BCUT2D eigenvalue weighted by Crippen LogP contribution is -2.74. The van der Waals surface area contributed by atoms with Crippen LogP contribution in [0.15, 0.2) is 36.4 Å². The molecule has 4 aliphatic rings. The van der Waals surface area contributed by atoms with Crippen LogP contribution < -0.4 is 10.2 Å². The Morgan fingerprint density at radius 1 is 1.03 bits per heavy atom. The second kappa shape index (κ2) is 8.91. The zero-order valence-electron chi connectivity index (χ0n) is 21.4. The molecule has 1 aromatic carbocycles. The Balaban J connectivity index is 1.60. The van der Waals surface area contributed by atoms with E-state index in [0.29, 0.717) is 30.8 Å². The number of rotatable bonds is 3. The summed E-state index contributed by atoms with van der Waals surface area (Å²) in [5.74, 6) is -2.66. The molecule has 0 aliphatic carbocycles. The highest BCUT2D eigenvalue weighted by atomic mass is 16.2. The summed E-state index contributed by atoms with van der Waals surface area (Å²) in [6, 6.07) is 3.36. The van der Waals surface area contributed by atoms with Crippen LogP contribution in [0.25, 0.3) is 6.08 Å². The fourth-order valence-electron chi connectivity index (χ4n) is 5.85. The molecule has 1 spiro atoms. The number of nitrogens with zero attached hydrogens (tertiary/aromatic N) is 5. The van der Waals surface area contributed by atoms with Crippen LogP contribution in [0, 0.1) is 5.41 Å². The number of fused-ring (bicyclic) bond motifs is 4. The van der Waals surface area contributed by atoms with E-state index in [0.717, 1.165) is 20.4 Å². The number of piperazine rings is 1. The highest BCUT2D eigenvalue weighted by Gasteiger charge is 2.63. The molecule has 4 heterocycles. The van der Waals surface area contributed by atoms with Gasteiger partial charge in [-0.05, 0) is 42.8 Å². The van der Waals surface area contributed by atoms with Crippen LogP contribution >= 0.6 is 0 Å². The zero-order chi connectivity index (χ0) is 27.5. The summed E-state index contributed by atoms with van der Waals surface area (Å²) in [4.78, 5) is 84.4. The molecule has 1 atom stereocenters. The van der Waals surface area contributed by atoms with Gasteiger partial charge in [0.05, 0.1) is 6.04 Å². The van der Waals surface area contributed by atoms with Crippen molar-refractivity contribution in [3.63, 3.8) is 0 Å². The maximum absolute atomic E-state index is 13.7. The minimum Gasteiger partial charge on any atom is -0.364 e. The summed E-state index contributed by atoms with van der Waals surface area (Å²) in [5.41, 5.74) is 0.286. The summed E-state index contributed by atoms with van der Waals surface area (Å²) in [7, 11) is 4.69. The van der Waals surface area contributed by atoms with Crippen molar-refractivity contribution in [2.75, 3.05) is 52.2 Å². The average molecular weight is 521 g/mol. The number of hydrogen-bond donors (Lipinski definition) is 1. The topological polar surface area (TPSA) is 131 Å². The number of imide groups is 4. The van der Waals surface area contributed by atoms with E-state index in [1.165, 1.54) is 26.2 Å². The Kier molecular flexibility index (Phi) is 5.94. The van der Waals surface area contributed by atoms with Gasteiger partial charge in [-0.3, -0.25) is 39.2 Å². The lowest BCUT2D eigenvalue weighted by molar-refractivity contribution is -0.160. The van der Waals surface area contributed by atoms with Crippen molar-refractivity contribution in [2.45, 2.75) is 12.5 Å². The molecule has 0 unspecified atom stereocenters. The number of anilines is 1. The van der Waals surface area contributed by atoms with Gasteiger partial charge >= 0.3 is 12.1 Å². The molecular weight excluding hydrogens is 492 g/mol. The second-order valence-corrected chi connectivity index (χ2v) is 10.0. The quantitative estimate of drug-likeness (QED) is 0.256. The lowest BCUT2D eigenvalue weighted by atomic mass is 9.67. The normalized spacial score (nSPS) is 24.7. The van der Waals surface area contributed by atoms with Crippen molar-refractivity contribution in [2.24, 2.45) is 5.41 Å². The molecule has 0 bridgehead atoms. The Bertz CT molecular complexity index is 1330. The fraction of sp³-hybridized carbons (Fsp3) is 0.385. The van der Waals surface area contributed by atoms with Crippen LogP contribution in [0.3, 0.4) is 0 Å². The summed E-state index contributed by atoms with van der Waals surface area (Å²) >= 11 is 0. The Labute approximate surface area is 219 Å². The largest absolute Gasteiger partial charge is 0.364 e. The predicted octanol–water partition coefficient (Wildman–Crippen LogP) is 0.0477. The van der Waals surface area contributed by atoms with Crippen molar-refractivity contribution in [3.05, 3.63) is 47.6 Å². The number of urea groups is 2. The van der Waals surface area contributed by atoms with Gasteiger partial charge in [-0.25, -0.2) is 9.59 Å². The smallest absolute Gasteiger partial charge is 0.332 e. The minimum absolute atomic E-state index is 0.0508. The first kappa shape index (κ1) is 25.3. The van der Waals surface area contributed by atoms with E-state index >= 15 is 0 Å². The van der Waals surface area contributed by atoms with Crippen LogP contribution in [0.5, 0.6) is 0 Å². The van der Waals surface area contributed by atoms with E-state index in [1.54, 1.807) is 12.1 Å². The third-order valence-corrected chi connectivity index (χ3v) is 7.79. The standard InChI is InChI=1S/C26H28N6O6/c1-5-8-32-21(34)17(20(33)27-24(32)37)12-15-6-7-18-16(11-15)13-26(19-14-28(2)9-10-31(18)19)22(35)29(3)25(38)30(4)23(26)36/h5-7,11-12,19H,1,8-10,13-14H2,2-4H3,(H,27,33,37)/b17-12+/t19-/m1/s1. The number of carbonyl (C=O) groups is 6. The molecule has 4 aliphatic heterocycles. The molecule has 38 heavy (non-hydrogen) atoms. The number of amides is 8. The zero-order valence-corrected chi connectivity index (χ0v) is 21.4. The maximum Gasteiger partial charge on any atom is 0.332 e. The van der Waals surface area contributed by atoms with Gasteiger partial charge in [-0.2, -0.15) is 0 Å². The number of barbiturate groups is 2. The van der Waals surface area contributed by atoms with Gasteiger partial charge < -0.3 is 9.80 Å². The van der Waals surface area contributed by atoms with E-state index in [-0.39, 0.29) is 18.5 Å². The third-order valence-electron chi connectivity index (χ3n) is 7.79. The van der Waals surface area contributed by atoms with Gasteiger partial charge in [-0.15, -0.1) is 6.58 Å². The first-order valence-corrected chi connectivity index (χ1v) is 12.2. The van der Waals surface area contributed by atoms with Crippen molar-refractivity contribution in [1.29, 1.82) is 0 Å². The molecular formula is C26H28N6O6. The van der Waals surface area contributed by atoms with Gasteiger partial charge in [-0.1, -0.05) is 12.1 Å². The molecule has 0 radical (unpaired) electrons. The maximum atomic E-state index is 13.7. The number of likely N-dealkylation sites (N-methyl/N-ethyl adjacent to an activating group) is 1. The molecule has 8 amide bonds. The second-order valence-electron chi connectivity index (χ2n) is 10.0. The average Bonchev–Trinajstić information content (AvgIpc) is 2.89. The van der Waals surface area contributed by atoms with Crippen LogP contribution in [-0.2, 0) is 25.6 Å². The molecule has 12 heteroatoms. The first-order chi connectivity index (χ1) is 18.0. The number of hydrogen-bond acceptors (Lipinski definition) is 8. The SMILES string of the molecule is C=CCN1C(=O)NC(=O)/C(=C\c2ccc3c(c2)CC2(C(=O)N(C)C(=O)N(C)C2=O)[C@H]2CN(C)CCN32)C1=O. The van der Waals surface area contributed by atoms with E-state index in [2.05, 4.69) is 16.8 Å². The van der Waals surface area contributed by atoms with Crippen molar-refractivity contribution in [3.8, 4) is 0 Å². The molecule has 5 rings (SSSR count). The van der Waals surface area contributed by atoms with E-state index in [4.69, 9.17) is 0 Å². The molecule has 3 saturated heterocycles. The number of benzene rings is 1. The first-order valence-electron chi connectivity index (χ1n) is 12.2. The molecule has 198 valence electrons. The van der Waals surface area contributed by atoms with Crippen molar-refractivity contribution < 1.29 is 28.8 Å². The Morgan fingerprint density at radius 2 is 1.71 bits per heavy atom. The van der Waals surface area contributed by atoms with Crippen molar-refractivity contribution in [1.82, 2.24) is 24.9 Å². The highest BCUT2D eigenvalue weighted by molar-refractivity contribution is 6.31. The summed E-state index contributed by atoms with van der Waals surface area (Å²) in [6.07, 6.45) is 2.82. The summed E-state index contributed by atoms with van der Waals surface area (Å²) < 4.78 is 0. The van der Waals surface area contributed by atoms with Crippen molar-refractivity contribution >= 4 is 47.5 Å². The third kappa shape index (κ3) is 3.55. The number of carbonyl (C=O) groups excluding carboxylic acids is 6. The summed E-state index contributed by atoms with van der Waals surface area (Å²) in [5, 5.41) is 2.16. The Hall–Kier alpha value is -4.32. The van der Waals surface area contributed by atoms with E-state index in [9.17, 15) is 28.8 Å². The van der Waals surface area contributed by atoms with Gasteiger partial charge in [0.2, 0.25) is 11.8 Å². The van der Waals surface area contributed by atoms with Gasteiger partial charge in [0.25, 0.3) is 11.8 Å². The van der Waals surface area contributed by atoms with Gasteiger partial charge in [0, 0.05) is 46.0 Å².